The van der Waals surface area contributed by atoms with Crippen molar-refractivity contribution in [1.82, 2.24) is 10.2 Å². The van der Waals surface area contributed by atoms with Gasteiger partial charge in [0.25, 0.3) is 0 Å². The van der Waals surface area contributed by atoms with Gasteiger partial charge in [-0.25, -0.2) is 0 Å². The molecule has 0 aromatic rings. The third kappa shape index (κ3) is 2.95. The van der Waals surface area contributed by atoms with Crippen LogP contribution in [0.2, 0.25) is 0 Å². The number of nitrogens with zero attached hydrogens (tertiary/aromatic N) is 1. The van der Waals surface area contributed by atoms with Crippen LogP contribution in [0, 0.1) is 0 Å². The molecular formula is C11H20N2O3. The molecule has 1 rings (SSSR count). The molecule has 5 nitrogen and oxygen atoms in total. The zero-order valence-corrected chi connectivity index (χ0v) is 10.4. The van der Waals surface area contributed by atoms with Gasteiger partial charge in [-0.1, -0.05) is 0 Å². The van der Waals surface area contributed by atoms with Crippen LogP contribution in [0.1, 0.15) is 27.7 Å². The number of hydrogen-bond acceptors (Lipinski definition) is 3. The summed E-state index contributed by atoms with van der Waals surface area (Å²) in [6.45, 7) is 8.60. The fourth-order valence-corrected chi connectivity index (χ4v) is 1.84. The first-order chi connectivity index (χ1) is 7.37. The van der Waals surface area contributed by atoms with E-state index in [4.69, 9.17) is 4.74 Å². The molecule has 1 aliphatic heterocycles. The normalized spacial score (nSPS) is 22.2. The fourth-order valence-electron chi connectivity index (χ4n) is 1.84. The molecule has 5 heteroatoms. The zero-order chi connectivity index (χ0) is 12.3. The predicted molar refractivity (Wildman–Crippen MR) is 59.9 cm³/mol. The second-order valence-corrected chi connectivity index (χ2v) is 4.61. The van der Waals surface area contributed by atoms with Crippen molar-refractivity contribution in [2.75, 3.05) is 19.7 Å². The van der Waals surface area contributed by atoms with Crippen LogP contribution < -0.4 is 5.32 Å². The molecule has 0 aromatic heterocycles. The molecule has 0 radical (unpaired) electrons. The van der Waals surface area contributed by atoms with Crippen LogP contribution >= 0.6 is 0 Å². The zero-order valence-electron chi connectivity index (χ0n) is 10.4. The quantitative estimate of drug-likeness (QED) is 0.745. The summed E-state index contributed by atoms with van der Waals surface area (Å²) >= 11 is 0. The van der Waals surface area contributed by atoms with Gasteiger partial charge in [-0.15, -0.1) is 0 Å². The van der Waals surface area contributed by atoms with Crippen molar-refractivity contribution in [3.8, 4) is 0 Å². The van der Waals surface area contributed by atoms with E-state index in [9.17, 15) is 9.59 Å². The molecule has 0 aliphatic carbocycles. The van der Waals surface area contributed by atoms with Gasteiger partial charge >= 0.3 is 0 Å². The first-order valence-electron chi connectivity index (χ1n) is 5.58. The molecule has 0 aromatic carbocycles. The third-order valence-corrected chi connectivity index (χ3v) is 2.67. The Morgan fingerprint density at radius 1 is 1.50 bits per heavy atom. The minimum Gasteiger partial charge on any atom is -0.374 e. The molecule has 16 heavy (non-hydrogen) atoms. The van der Waals surface area contributed by atoms with Gasteiger partial charge in [-0.05, 0) is 27.7 Å². The summed E-state index contributed by atoms with van der Waals surface area (Å²) in [6, 6.07) is -0.416. The van der Waals surface area contributed by atoms with E-state index in [1.54, 1.807) is 11.8 Å². The third-order valence-electron chi connectivity index (χ3n) is 2.67. The second kappa shape index (κ2) is 4.82. The molecule has 1 atom stereocenters. The standard InChI is InChI=1S/C11H20N2O3/c1-5-16-11(3,4)7-13-8(2)10(15)12-6-9(13)14/h8H,5-7H2,1-4H3,(H,12,15). The van der Waals surface area contributed by atoms with Crippen LogP contribution in [0.15, 0.2) is 0 Å². The van der Waals surface area contributed by atoms with E-state index in [1.807, 2.05) is 20.8 Å². The maximum absolute atomic E-state index is 11.7. The lowest BCUT2D eigenvalue weighted by Gasteiger charge is -2.38. The number of nitrogens with one attached hydrogen (secondary N) is 1. The van der Waals surface area contributed by atoms with Gasteiger partial charge in [0.1, 0.15) is 6.04 Å². The van der Waals surface area contributed by atoms with Crippen molar-refractivity contribution in [2.45, 2.75) is 39.3 Å². The maximum atomic E-state index is 11.7. The van der Waals surface area contributed by atoms with Gasteiger partial charge in [-0.3, -0.25) is 9.59 Å². The number of piperazine rings is 1. The van der Waals surface area contributed by atoms with E-state index in [0.717, 1.165) is 0 Å². The van der Waals surface area contributed by atoms with Crippen LogP contribution in [0.5, 0.6) is 0 Å². The molecule has 1 heterocycles. The highest BCUT2D eigenvalue weighted by Gasteiger charge is 2.34. The maximum Gasteiger partial charge on any atom is 0.242 e. The molecule has 1 fully saturated rings. The van der Waals surface area contributed by atoms with Gasteiger partial charge in [0, 0.05) is 13.2 Å². The summed E-state index contributed by atoms with van der Waals surface area (Å²) in [5.41, 5.74) is -0.420. The molecule has 0 saturated carbocycles. The Labute approximate surface area is 96.1 Å². The Hall–Kier alpha value is -1.10. The topological polar surface area (TPSA) is 58.6 Å². The number of carbonyl (C=O) groups excluding carboxylic acids is 2. The number of carbonyl (C=O) groups is 2. The van der Waals surface area contributed by atoms with Gasteiger partial charge in [-0.2, -0.15) is 0 Å². The first-order valence-corrected chi connectivity index (χ1v) is 5.58. The van der Waals surface area contributed by atoms with Crippen molar-refractivity contribution in [3.05, 3.63) is 0 Å². The lowest BCUT2D eigenvalue weighted by molar-refractivity contribution is -0.149. The van der Waals surface area contributed by atoms with E-state index >= 15 is 0 Å². The molecular weight excluding hydrogens is 208 g/mol. The highest BCUT2D eigenvalue weighted by molar-refractivity contribution is 5.94. The summed E-state index contributed by atoms with van der Waals surface area (Å²) in [6.07, 6.45) is 0. The minimum absolute atomic E-state index is 0.0557. The largest absolute Gasteiger partial charge is 0.374 e. The Morgan fingerprint density at radius 3 is 2.69 bits per heavy atom. The van der Waals surface area contributed by atoms with Crippen molar-refractivity contribution in [3.63, 3.8) is 0 Å². The van der Waals surface area contributed by atoms with Crippen LogP contribution in [0.25, 0.3) is 0 Å². The summed E-state index contributed by atoms with van der Waals surface area (Å²) in [5.74, 6) is -0.160. The lowest BCUT2D eigenvalue weighted by atomic mass is 10.1. The highest BCUT2D eigenvalue weighted by atomic mass is 16.5. The van der Waals surface area contributed by atoms with E-state index in [1.165, 1.54) is 0 Å². The van der Waals surface area contributed by atoms with Crippen molar-refractivity contribution >= 4 is 11.8 Å². The molecule has 1 aliphatic rings. The molecule has 0 spiro atoms. The molecule has 1 saturated heterocycles. The van der Waals surface area contributed by atoms with E-state index in [-0.39, 0.29) is 18.4 Å². The molecule has 1 N–H and O–H groups in total. The molecule has 0 bridgehead atoms. The van der Waals surface area contributed by atoms with Crippen LogP contribution in [0.4, 0.5) is 0 Å². The first kappa shape index (κ1) is 13.0. The predicted octanol–water partition coefficient (Wildman–Crippen LogP) is 0.148. The monoisotopic (exact) mass is 228 g/mol. The number of amides is 2. The van der Waals surface area contributed by atoms with Crippen LogP contribution in [-0.2, 0) is 14.3 Å². The Balaban J connectivity index is 2.70. The van der Waals surface area contributed by atoms with Crippen LogP contribution in [0.3, 0.4) is 0 Å². The highest BCUT2D eigenvalue weighted by Crippen LogP contribution is 2.15. The van der Waals surface area contributed by atoms with E-state index in [2.05, 4.69) is 5.32 Å². The molecule has 2 amide bonds. The summed E-state index contributed by atoms with van der Waals surface area (Å²) in [4.78, 5) is 24.7. The smallest absolute Gasteiger partial charge is 0.242 e. The SMILES string of the molecule is CCOC(C)(C)CN1C(=O)CNC(=O)C1C. The average Bonchev–Trinajstić information content (AvgIpc) is 2.19. The van der Waals surface area contributed by atoms with Crippen molar-refractivity contribution < 1.29 is 14.3 Å². The molecule has 1 unspecified atom stereocenters. The number of hydrogen-bond donors (Lipinski definition) is 1. The fraction of sp³-hybridized carbons (Fsp3) is 0.818. The van der Waals surface area contributed by atoms with E-state index < -0.39 is 11.6 Å². The van der Waals surface area contributed by atoms with Gasteiger partial charge in [0.15, 0.2) is 0 Å². The van der Waals surface area contributed by atoms with Gasteiger partial charge in [0.2, 0.25) is 11.8 Å². The Kier molecular flexibility index (Phi) is 3.91. The number of rotatable bonds is 4. The summed E-state index contributed by atoms with van der Waals surface area (Å²) < 4.78 is 5.54. The van der Waals surface area contributed by atoms with E-state index in [0.29, 0.717) is 13.2 Å². The molecule has 92 valence electrons. The Bertz CT molecular complexity index is 289. The Morgan fingerprint density at radius 2 is 2.12 bits per heavy atom. The lowest BCUT2D eigenvalue weighted by Crippen LogP contribution is -2.60. The second-order valence-electron chi connectivity index (χ2n) is 4.61. The van der Waals surface area contributed by atoms with Crippen molar-refractivity contribution in [2.24, 2.45) is 0 Å². The van der Waals surface area contributed by atoms with Gasteiger partial charge < -0.3 is 15.0 Å². The van der Waals surface area contributed by atoms with Crippen molar-refractivity contribution in [1.29, 1.82) is 0 Å². The van der Waals surface area contributed by atoms with Crippen LogP contribution in [-0.4, -0.2) is 48.1 Å². The summed E-state index contributed by atoms with van der Waals surface area (Å²) in [5, 5.41) is 2.56. The average molecular weight is 228 g/mol. The van der Waals surface area contributed by atoms with Gasteiger partial charge in [0.05, 0.1) is 12.1 Å². The number of ether oxygens (including phenoxy) is 1. The summed E-state index contributed by atoms with van der Waals surface area (Å²) in [7, 11) is 0. The minimum atomic E-state index is -0.420.